The second-order valence-electron chi connectivity index (χ2n) is 9.56. The van der Waals surface area contributed by atoms with E-state index in [4.69, 9.17) is 4.98 Å². The molecule has 11 heteroatoms. The predicted molar refractivity (Wildman–Crippen MR) is 132 cm³/mol. The van der Waals surface area contributed by atoms with Gasteiger partial charge in [-0.05, 0) is 37.4 Å². The minimum atomic E-state index is -4.44. The molecule has 2 aromatic rings. The van der Waals surface area contributed by atoms with Gasteiger partial charge in [0.05, 0.1) is 5.56 Å². The molecule has 2 fully saturated rings. The molecule has 0 spiro atoms. The van der Waals surface area contributed by atoms with Gasteiger partial charge in [-0.3, -0.25) is 4.79 Å². The summed E-state index contributed by atoms with van der Waals surface area (Å²) in [5, 5.41) is 2.67. The monoisotopic (exact) mass is 505 g/mol. The van der Waals surface area contributed by atoms with Crippen molar-refractivity contribution in [3.63, 3.8) is 0 Å². The Bertz CT molecular complexity index is 1030. The van der Waals surface area contributed by atoms with E-state index in [2.05, 4.69) is 37.0 Å². The Morgan fingerprint density at radius 3 is 2.19 bits per heavy atom. The number of aryl methyl sites for hydroxylation is 1. The zero-order valence-corrected chi connectivity index (χ0v) is 20.9. The molecule has 0 bridgehead atoms. The van der Waals surface area contributed by atoms with Gasteiger partial charge in [-0.1, -0.05) is 25.1 Å². The number of hydrogen-bond donors (Lipinski definition) is 1. The average Bonchev–Trinajstić information content (AvgIpc) is 2.87. The molecule has 1 aromatic carbocycles. The van der Waals surface area contributed by atoms with Crippen LogP contribution in [0.25, 0.3) is 0 Å². The molecule has 0 atom stereocenters. The lowest BCUT2D eigenvalue weighted by molar-refractivity contribution is -0.138. The summed E-state index contributed by atoms with van der Waals surface area (Å²) in [6, 6.07) is 5.34. The first-order valence-electron chi connectivity index (χ1n) is 12.6. The number of likely N-dealkylation sites (N-methyl/N-ethyl adjacent to an activating group) is 1. The van der Waals surface area contributed by atoms with E-state index in [0.717, 1.165) is 76.4 Å². The zero-order chi connectivity index (χ0) is 25.7. The van der Waals surface area contributed by atoms with E-state index in [0.29, 0.717) is 12.4 Å². The van der Waals surface area contributed by atoms with Gasteiger partial charge in [-0.25, -0.2) is 0 Å². The van der Waals surface area contributed by atoms with Gasteiger partial charge in [-0.15, -0.1) is 0 Å². The smallest absolute Gasteiger partial charge is 0.352 e. The van der Waals surface area contributed by atoms with Crippen LogP contribution in [0.4, 0.5) is 25.1 Å². The van der Waals surface area contributed by atoms with Crippen molar-refractivity contribution in [3.05, 3.63) is 41.2 Å². The molecule has 3 heterocycles. The summed E-state index contributed by atoms with van der Waals surface area (Å²) in [5.41, 5.74) is -0.635. The standard InChI is InChI=1S/C25H34F3N7O/c1-3-21-30-23(32-24(31-21)35-14-12-33(2)13-15-35)34-10-8-18(9-11-34)16-22(36)29-17-19-6-4-5-7-20(19)25(26,27)28/h4-7,18H,3,8-17H2,1-2H3,(H,29,36). The second kappa shape index (κ2) is 11.4. The van der Waals surface area contributed by atoms with Crippen LogP contribution in [0, 0.1) is 5.92 Å². The molecular formula is C25H34F3N7O. The van der Waals surface area contributed by atoms with E-state index in [1.54, 1.807) is 6.07 Å². The molecule has 2 saturated heterocycles. The molecule has 0 saturated carbocycles. The molecule has 196 valence electrons. The number of carbonyl (C=O) groups excluding carboxylic acids is 1. The van der Waals surface area contributed by atoms with Gasteiger partial charge in [0.15, 0.2) is 0 Å². The highest BCUT2D eigenvalue weighted by atomic mass is 19.4. The molecule has 0 radical (unpaired) electrons. The third-order valence-electron chi connectivity index (χ3n) is 6.93. The maximum atomic E-state index is 13.2. The fourth-order valence-electron chi connectivity index (χ4n) is 4.66. The minimum Gasteiger partial charge on any atom is -0.352 e. The lowest BCUT2D eigenvalue weighted by Crippen LogP contribution is -2.45. The van der Waals surface area contributed by atoms with Crippen molar-refractivity contribution in [2.45, 2.75) is 45.3 Å². The van der Waals surface area contributed by atoms with Crippen LogP contribution < -0.4 is 15.1 Å². The molecular weight excluding hydrogens is 471 g/mol. The van der Waals surface area contributed by atoms with E-state index >= 15 is 0 Å². The molecule has 4 rings (SSSR count). The van der Waals surface area contributed by atoms with E-state index in [9.17, 15) is 18.0 Å². The van der Waals surface area contributed by atoms with E-state index in [-0.39, 0.29) is 23.9 Å². The molecule has 1 aromatic heterocycles. The number of carbonyl (C=O) groups is 1. The quantitative estimate of drug-likeness (QED) is 0.620. The molecule has 2 aliphatic heterocycles. The lowest BCUT2D eigenvalue weighted by atomic mass is 9.93. The van der Waals surface area contributed by atoms with Crippen molar-refractivity contribution in [3.8, 4) is 0 Å². The third-order valence-corrected chi connectivity index (χ3v) is 6.93. The number of aromatic nitrogens is 3. The highest BCUT2D eigenvalue weighted by Gasteiger charge is 2.33. The van der Waals surface area contributed by atoms with Crippen molar-refractivity contribution < 1.29 is 18.0 Å². The molecule has 1 amide bonds. The number of rotatable bonds is 7. The number of piperazine rings is 1. The number of halogens is 3. The lowest BCUT2D eigenvalue weighted by Gasteiger charge is -2.34. The number of alkyl halides is 3. The van der Waals surface area contributed by atoms with Gasteiger partial charge < -0.3 is 20.0 Å². The number of benzene rings is 1. The maximum absolute atomic E-state index is 13.2. The van der Waals surface area contributed by atoms with Crippen molar-refractivity contribution in [1.29, 1.82) is 0 Å². The summed E-state index contributed by atoms with van der Waals surface area (Å²) < 4.78 is 39.5. The van der Waals surface area contributed by atoms with E-state index < -0.39 is 11.7 Å². The number of nitrogens with one attached hydrogen (secondary N) is 1. The van der Waals surface area contributed by atoms with E-state index in [1.165, 1.54) is 12.1 Å². The van der Waals surface area contributed by atoms with Gasteiger partial charge in [0.1, 0.15) is 5.82 Å². The van der Waals surface area contributed by atoms with Crippen molar-refractivity contribution in [2.75, 3.05) is 56.1 Å². The average molecular weight is 506 g/mol. The predicted octanol–water partition coefficient (Wildman–Crippen LogP) is 3.13. The summed E-state index contributed by atoms with van der Waals surface area (Å²) in [5.74, 6) is 2.13. The van der Waals surface area contributed by atoms with E-state index in [1.807, 2.05) is 6.92 Å². The highest BCUT2D eigenvalue weighted by Crippen LogP contribution is 2.32. The fraction of sp³-hybridized carbons (Fsp3) is 0.600. The Labute approximate surface area is 209 Å². The van der Waals surface area contributed by atoms with Gasteiger partial charge >= 0.3 is 6.18 Å². The van der Waals surface area contributed by atoms with Crippen molar-refractivity contribution in [1.82, 2.24) is 25.2 Å². The topological polar surface area (TPSA) is 77.5 Å². The molecule has 36 heavy (non-hydrogen) atoms. The number of amides is 1. The van der Waals surface area contributed by atoms with Gasteiger partial charge in [0.2, 0.25) is 17.8 Å². The summed E-state index contributed by atoms with van der Waals surface area (Å²) >= 11 is 0. The number of piperidine rings is 1. The van der Waals surface area contributed by atoms with Crippen LogP contribution in [0.5, 0.6) is 0 Å². The molecule has 8 nitrogen and oxygen atoms in total. The Morgan fingerprint density at radius 1 is 0.972 bits per heavy atom. The number of hydrogen-bond acceptors (Lipinski definition) is 7. The second-order valence-corrected chi connectivity index (χ2v) is 9.56. The molecule has 0 unspecified atom stereocenters. The van der Waals surface area contributed by atoms with Crippen LogP contribution >= 0.6 is 0 Å². The number of nitrogens with zero attached hydrogens (tertiary/aromatic N) is 6. The first kappa shape index (κ1) is 26.1. The largest absolute Gasteiger partial charge is 0.416 e. The van der Waals surface area contributed by atoms with Crippen LogP contribution in [-0.2, 0) is 23.9 Å². The minimum absolute atomic E-state index is 0.0749. The van der Waals surface area contributed by atoms with Crippen LogP contribution in [0.2, 0.25) is 0 Å². The first-order valence-corrected chi connectivity index (χ1v) is 12.6. The summed E-state index contributed by atoms with van der Waals surface area (Å²) in [4.78, 5) is 33.2. The molecule has 2 aliphatic rings. The number of anilines is 2. The first-order chi connectivity index (χ1) is 17.2. The molecule has 0 aliphatic carbocycles. The van der Waals surface area contributed by atoms with Crippen LogP contribution in [0.1, 0.15) is 43.1 Å². The van der Waals surface area contributed by atoms with Gasteiger partial charge in [-0.2, -0.15) is 28.1 Å². The Kier molecular flexibility index (Phi) is 8.28. The summed E-state index contributed by atoms with van der Waals surface area (Å²) in [6.07, 6.45) is -1.82. The van der Waals surface area contributed by atoms with Crippen LogP contribution in [-0.4, -0.2) is 72.1 Å². The van der Waals surface area contributed by atoms with Gasteiger partial charge in [0.25, 0.3) is 0 Å². The maximum Gasteiger partial charge on any atom is 0.416 e. The Morgan fingerprint density at radius 2 is 1.58 bits per heavy atom. The van der Waals surface area contributed by atoms with Crippen molar-refractivity contribution in [2.24, 2.45) is 5.92 Å². The van der Waals surface area contributed by atoms with Crippen LogP contribution in [0.3, 0.4) is 0 Å². The normalized spacial score (nSPS) is 17.9. The summed E-state index contributed by atoms with van der Waals surface area (Å²) in [6.45, 7) is 7.06. The van der Waals surface area contributed by atoms with Gasteiger partial charge in [0, 0.05) is 58.7 Å². The van der Waals surface area contributed by atoms with Crippen LogP contribution in [0.15, 0.2) is 24.3 Å². The SMILES string of the molecule is CCc1nc(N2CCC(CC(=O)NCc3ccccc3C(F)(F)F)CC2)nc(N2CCN(C)CC2)n1. The van der Waals surface area contributed by atoms with Crippen molar-refractivity contribution >= 4 is 17.8 Å². The Hall–Kier alpha value is -2.95. The summed E-state index contributed by atoms with van der Waals surface area (Å²) in [7, 11) is 2.11. The third kappa shape index (κ3) is 6.63. The fourth-order valence-corrected chi connectivity index (χ4v) is 4.66. The molecule has 1 N–H and O–H groups in total. The zero-order valence-electron chi connectivity index (χ0n) is 20.9. The highest BCUT2D eigenvalue weighted by molar-refractivity contribution is 5.76. The Balaban J connectivity index is 1.30.